The van der Waals surface area contributed by atoms with Gasteiger partial charge in [0.05, 0.1) is 22.3 Å². The molecule has 0 aliphatic rings. The second-order valence-corrected chi connectivity index (χ2v) is 8.01. The number of hydrogen-bond donors (Lipinski definition) is 1. The van der Waals surface area contributed by atoms with Gasteiger partial charge in [0.2, 0.25) is 0 Å². The molecule has 0 saturated carbocycles. The lowest BCUT2D eigenvalue weighted by atomic mass is 9.93. The molecule has 158 valence electrons. The van der Waals surface area contributed by atoms with E-state index in [4.69, 9.17) is 5.11 Å². The smallest absolute Gasteiger partial charge is 0.338 e. The number of carbonyl (C=O) groups is 1. The Kier molecular flexibility index (Phi) is 4.44. The number of carboxylic acid groups (broad SMARTS) is 1. The van der Waals surface area contributed by atoms with Crippen LogP contribution in [0, 0.1) is 5.82 Å². The Balaban J connectivity index is 1.61. The van der Waals surface area contributed by atoms with Crippen LogP contribution < -0.4 is 0 Å². The van der Waals surface area contributed by atoms with Gasteiger partial charge in [0.15, 0.2) is 5.65 Å². The van der Waals surface area contributed by atoms with Crippen LogP contribution in [-0.2, 0) is 5.54 Å². The minimum Gasteiger partial charge on any atom is -0.478 e. The number of benzene rings is 2. The van der Waals surface area contributed by atoms with Crippen molar-refractivity contribution in [1.29, 1.82) is 0 Å². The molecular weight excluding hydrogens is 409 g/mol. The highest BCUT2D eigenvalue weighted by Gasteiger charge is 2.27. The minimum atomic E-state index is -1.31. The maximum absolute atomic E-state index is 14.2. The van der Waals surface area contributed by atoms with Gasteiger partial charge in [0, 0.05) is 17.1 Å². The van der Waals surface area contributed by atoms with E-state index in [9.17, 15) is 9.18 Å². The van der Waals surface area contributed by atoms with E-state index in [2.05, 4.69) is 26.3 Å². The molecule has 32 heavy (non-hydrogen) atoms. The van der Waals surface area contributed by atoms with E-state index in [0.29, 0.717) is 22.4 Å². The molecule has 7 nitrogen and oxygen atoms in total. The highest BCUT2D eigenvalue weighted by atomic mass is 19.1. The first-order valence-corrected chi connectivity index (χ1v) is 9.96. The predicted molar refractivity (Wildman–Crippen MR) is 118 cm³/mol. The molecule has 5 aromatic rings. The number of rotatable bonds is 4. The zero-order chi connectivity index (χ0) is 22.5. The van der Waals surface area contributed by atoms with Crippen LogP contribution in [0.15, 0.2) is 66.9 Å². The molecule has 0 unspecified atom stereocenters. The quantitative estimate of drug-likeness (QED) is 0.448. The van der Waals surface area contributed by atoms with Crippen molar-refractivity contribution in [2.75, 3.05) is 0 Å². The fraction of sp³-hybridized carbons (Fsp3) is 0.125. The molecule has 0 atom stereocenters. The summed E-state index contributed by atoms with van der Waals surface area (Å²) in [6, 6.07) is 17.4. The minimum absolute atomic E-state index is 0.381. The summed E-state index contributed by atoms with van der Waals surface area (Å²) in [6.45, 7) is 4.04. The molecule has 0 radical (unpaired) electrons. The summed E-state index contributed by atoms with van der Waals surface area (Å²) in [5.74, 6) is -2.12. The van der Waals surface area contributed by atoms with Gasteiger partial charge in [-0.2, -0.15) is 0 Å². The summed E-state index contributed by atoms with van der Waals surface area (Å²) in [4.78, 5) is 20.2. The van der Waals surface area contributed by atoms with Gasteiger partial charge in [-0.05, 0) is 61.9 Å². The fourth-order valence-corrected chi connectivity index (χ4v) is 3.77. The van der Waals surface area contributed by atoms with E-state index in [1.807, 2.05) is 38.1 Å². The maximum Gasteiger partial charge on any atom is 0.338 e. The average Bonchev–Trinajstić information content (AvgIpc) is 3.22. The van der Waals surface area contributed by atoms with E-state index >= 15 is 0 Å². The van der Waals surface area contributed by atoms with E-state index in [-0.39, 0.29) is 5.56 Å². The highest BCUT2D eigenvalue weighted by molar-refractivity contribution is 5.88. The summed E-state index contributed by atoms with van der Waals surface area (Å²) in [6.07, 6.45) is 1.76. The van der Waals surface area contributed by atoms with Crippen LogP contribution in [0.5, 0.6) is 0 Å². The summed E-state index contributed by atoms with van der Waals surface area (Å²) in [5.41, 5.74) is 3.06. The van der Waals surface area contributed by atoms with Gasteiger partial charge >= 0.3 is 5.97 Å². The standard InChI is InChI=1S/C24H18FN5O2/c1-24(2,16-6-8-19-14(12-16)4-3-11-26-19)30-22-21(28-29-30)10-9-20(27-22)15-5-7-17(23(31)32)18(25)13-15/h3-13H,1-2H3,(H,31,32). The normalized spacial score (nSPS) is 11.8. The Hall–Kier alpha value is -4.20. The van der Waals surface area contributed by atoms with Gasteiger partial charge < -0.3 is 5.11 Å². The number of halogens is 1. The van der Waals surface area contributed by atoms with E-state index < -0.39 is 17.3 Å². The van der Waals surface area contributed by atoms with Crippen molar-refractivity contribution in [1.82, 2.24) is 25.0 Å². The number of nitrogens with zero attached hydrogens (tertiary/aromatic N) is 5. The van der Waals surface area contributed by atoms with Crippen molar-refractivity contribution in [2.45, 2.75) is 19.4 Å². The molecule has 0 amide bonds. The third-order valence-corrected chi connectivity index (χ3v) is 5.63. The molecule has 1 N–H and O–H groups in total. The van der Waals surface area contributed by atoms with Gasteiger partial charge in [0.25, 0.3) is 0 Å². The first-order chi connectivity index (χ1) is 15.3. The van der Waals surface area contributed by atoms with E-state index in [1.165, 1.54) is 18.2 Å². The van der Waals surface area contributed by atoms with Crippen molar-refractivity contribution < 1.29 is 14.3 Å². The number of aromatic carboxylic acids is 1. The number of carboxylic acids is 1. The monoisotopic (exact) mass is 427 g/mol. The number of fused-ring (bicyclic) bond motifs is 2. The summed E-state index contributed by atoms with van der Waals surface area (Å²) in [7, 11) is 0. The topological polar surface area (TPSA) is 93.8 Å². The van der Waals surface area contributed by atoms with Crippen LogP contribution in [0.3, 0.4) is 0 Å². The molecular formula is C24H18FN5O2. The van der Waals surface area contributed by atoms with Crippen molar-refractivity contribution >= 4 is 28.0 Å². The molecule has 3 heterocycles. The number of pyridine rings is 2. The van der Waals surface area contributed by atoms with Crippen LogP contribution in [0.4, 0.5) is 4.39 Å². The Morgan fingerprint density at radius 1 is 1.03 bits per heavy atom. The molecule has 0 fully saturated rings. The fourth-order valence-electron chi connectivity index (χ4n) is 3.77. The van der Waals surface area contributed by atoms with E-state index in [1.54, 1.807) is 23.0 Å². The third kappa shape index (κ3) is 3.17. The average molecular weight is 427 g/mol. The van der Waals surface area contributed by atoms with Crippen molar-refractivity contribution in [3.63, 3.8) is 0 Å². The molecule has 0 bridgehead atoms. The third-order valence-electron chi connectivity index (χ3n) is 5.63. The molecule has 3 aromatic heterocycles. The van der Waals surface area contributed by atoms with Gasteiger partial charge in [-0.1, -0.05) is 23.4 Å². The molecule has 5 rings (SSSR count). The molecule has 0 spiro atoms. The zero-order valence-electron chi connectivity index (χ0n) is 17.3. The van der Waals surface area contributed by atoms with Gasteiger partial charge in [-0.3, -0.25) is 4.98 Å². The lowest BCUT2D eigenvalue weighted by Gasteiger charge is -2.26. The molecule has 0 aliphatic carbocycles. The molecule has 0 aliphatic heterocycles. The van der Waals surface area contributed by atoms with E-state index in [0.717, 1.165) is 16.5 Å². The Labute approximate surface area is 182 Å². The van der Waals surface area contributed by atoms with Crippen LogP contribution in [0.1, 0.15) is 29.8 Å². The molecule has 0 saturated heterocycles. The van der Waals surface area contributed by atoms with Gasteiger partial charge in [0.1, 0.15) is 11.3 Å². The Morgan fingerprint density at radius 3 is 2.62 bits per heavy atom. The van der Waals surface area contributed by atoms with Crippen LogP contribution >= 0.6 is 0 Å². The molecule has 2 aromatic carbocycles. The Bertz CT molecular complexity index is 1510. The summed E-state index contributed by atoms with van der Waals surface area (Å²) < 4.78 is 16.0. The van der Waals surface area contributed by atoms with Gasteiger partial charge in [-0.25, -0.2) is 18.9 Å². The zero-order valence-corrected chi connectivity index (χ0v) is 17.3. The first kappa shape index (κ1) is 19.7. The maximum atomic E-state index is 14.2. The number of hydrogen-bond acceptors (Lipinski definition) is 5. The second-order valence-electron chi connectivity index (χ2n) is 8.01. The largest absolute Gasteiger partial charge is 0.478 e. The second kappa shape index (κ2) is 7.19. The predicted octanol–water partition coefficient (Wildman–Crippen LogP) is 4.66. The van der Waals surface area contributed by atoms with Crippen LogP contribution in [0.2, 0.25) is 0 Å². The van der Waals surface area contributed by atoms with Crippen LogP contribution in [-0.4, -0.2) is 36.0 Å². The van der Waals surface area contributed by atoms with Crippen LogP contribution in [0.25, 0.3) is 33.3 Å². The lowest BCUT2D eigenvalue weighted by Crippen LogP contribution is -2.29. The highest BCUT2D eigenvalue weighted by Crippen LogP contribution is 2.30. The number of aromatic nitrogens is 5. The summed E-state index contributed by atoms with van der Waals surface area (Å²) >= 11 is 0. The molecule has 8 heteroatoms. The lowest BCUT2D eigenvalue weighted by molar-refractivity contribution is 0.0692. The van der Waals surface area contributed by atoms with Crippen molar-refractivity contribution in [3.05, 3.63) is 83.8 Å². The van der Waals surface area contributed by atoms with Crippen molar-refractivity contribution in [2.24, 2.45) is 0 Å². The van der Waals surface area contributed by atoms with Crippen molar-refractivity contribution in [3.8, 4) is 11.3 Å². The summed E-state index contributed by atoms with van der Waals surface area (Å²) in [5, 5.41) is 18.7. The first-order valence-electron chi connectivity index (χ1n) is 9.96. The Morgan fingerprint density at radius 2 is 1.84 bits per heavy atom. The van der Waals surface area contributed by atoms with Gasteiger partial charge in [-0.15, -0.1) is 5.10 Å². The SMILES string of the molecule is CC(C)(c1ccc2ncccc2c1)n1nnc2ccc(-c3ccc(C(=O)O)c(F)c3)nc21.